The minimum atomic E-state index is -0.936. The van der Waals surface area contributed by atoms with Crippen molar-refractivity contribution in [2.45, 2.75) is 56.3 Å². The maximum absolute atomic E-state index is 11.8. The van der Waals surface area contributed by atoms with E-state index in [0.717, 1.165) is 30.6 Å². The number of likely N-dealkylation sites (tertiary alicyclic amines) is 1. The quantitative estimate of drug-likeness (QED) is 0.685. The largest absolute Gasteiger partial charge is 0.380 e. The Labute approximate surface area is 180 Å². The lowest BCUT2D eigenvalue weighted by Crippen LogP contribution is -2.49. The zero-order valence-corrected chi connectivity index (χ0v) is 18.8. The van der Waals surface area contributed by atoms with Gasteiger partial charge in [-0.25, -0.2) is 0 Å². The van der Waals surface area contributed by atoms with Gasteiger partial charge in [0.15, 0.2) is 0 Å². The molecule has 1 N–H and O–H groups in total. The third kappa shape index (κ3) is 4.73. The summed E-state index contributed by atoms with van der Waals surface area (Å²) in [5.41, 5.74) is 1.53. The van der Waals surface area contributed by atoms with E-state index in [0.29, 0.717) is 10.2 Å². The molecule has 2 aliphatic heterocycles. The number of hydrogen-bond acceptors (Lipinski definition) is 3. The molecular weight excluding hydrogens is 374 g/mol. The number of rotatable bonds is 5. The number of thioether (sulfide) groups is 1. The van der Waals surface area contributed by atoms with Gasteiger partial charge in [0.05, 0.1) is 0 Å². The molecule has 2 nitrogen and oxygen atoms in total. The molecule has 2 saturated heterocycles. The van der Waals surface area contributed by atoms with Crippen molar-refractivity contribution in [3.63, 3.8) is 0 Å². The summed E-state index contributed by atoms with van der Waals surface area (Å²) >= 11 is 2.14. The molecule has 2 aliphatic rings. The van der Waals surface area contributed by atoms with E-state index in [1.807, 2.05) is 36.4 Å². The molecule has 0 saturated carbocycles. The molecule has 1 spiro atoms. The highest BCUT2D eigenvalue weighted by atomic mass is 32.2. The lowest BCUT2D eigenvalue weighted by atomic mass is 9.71. The highest BCUT2D eigenvalue weighted by Crippen LogP contribution is 2.50. The Bertz CT molecular complexity index is 747. The van der Waals surface area contributed by atoms with Crippen LogP contribution >= 0.6 is 11.8 Å². The van der Waals surface area contributed by atoms with Crippen molar-refractivity contribution in [1.82, 2.24) is 4.90 Å². The highest BCUT2D eigenvalue weighted by molar-refractivity contribution is 8.00. The first kappa shape index (κ1) is 21.0. The Hall–Kier alpha value is -1.29. The van der Waals surface area contributed by atoms with E-state index in [1.165, 1.54) is 38.0 Å². The van der Waals surface area contributed by atoms with E-state index in [4.69, 9.17) is 0 Å². The van der Waals surface area contributed by atoms with Crippen LogP contribution in [0, 0.1) is 5.41 Å². The first-order valence-corrected chi connectivity index (χ1v) is 12.1. The minimum Gasteiger partial charge on any atom is -0.380 e. The van der Waals surface area contributed by atoms with Crippen LogP contribution in [0.1, 0.15) is 57.1 Å². The number of nitrogens with zero attached hydrogens (tertiary/aromatic N) is 1. The van der Waals surface area contributed by atoms with Crippen molar-refractivity contribution < 1.29 is 5.11 Å². The second-order valence-corrected chi connectivity index (χ2v) is 11.6. The molecule has 0 bridgehead atoms. The van der Waals surface area contributed by atoms with E-state index in [1.54, 1.807) is 0 Å². The number of hydrogen-bond donors (Lipinski definition) is 1. The van der Waals surface area contributed by atoms with E-state index >= 15 is 0 Å². The number of aliphatic hydroxyl groups is 1. The van der Waals surface area contributed by atoms with Gasteiger partial charge in [0.2, 0.25) is 0 Å². The molecule has 2 fully saturated rings. The van der Waals surface area contributed by atoms with E-state index < -0.39 is 5.60 Å². The lowest BCUT2D eigenvalue weighted by Gasteiger charge is -2.50. The third-order valence-corrected chi connectivity index (χ3v) is 8.29. The van der Waals surface area contributed by atoms with Crippen LogP contribution in [-0.4, -0.2) is 40.1 Å². The Morgan fingerprint density at radius 1 is 0.966 bits per heavy atom. The normalized spacial score (nSPS) is 25.2. The second-order valence-electron chi connectivity index (χ2n) is 9.76. The molecule has 0 aromatic heterocycles. The summed E-state index contributed by atoms with van der Waals surface area (Å²) in [5.74, 6) is 1.29. The van der Waals surface area contributed by atoms with Crippen molar-refractivity contribution in [2.75, 3.05) is 25.4 Å². The van der Waals surface area contributed by atoms with Crippen LogP contribution < -0.4 is 0 Å². The lowest BCUT2D eigenvalue weighted by molar-refractivity contribution is 0.0268. The van der Waals surface area contributed by atoms with Crippen molar-refractivity contribution in [3.8, 4) is 0 Å². The SMILES string of the molecule is CC1(C)CC2(CCCN(CCC(O)(c3ccccc3)c3ccccc3)C2)CCS1. The molecule has 3 heteroatoms. The first-order valence-electron chi connectivity index (χ1n) is 11.1. The molecule has 0 aliphatic carbocycles. The van der Waals surface area contributed by atoms with Crippen LogP contribution in [0.5, 0.6) is 0 Å². The molecule has 1 unspecified atom stereocenters. The molecule has 4 rings (SSSR count). The summed E-state index contributed by atoms with van der Waals surface area (Å²) in [6.07, 6.45) is 6.06. The van der Waals surface area contributed by atoms with Gasteiger partial charge < -0.3 is 10.0 Å². The number of benzene rings is 2. The topological polar surface area (TPSA) is 23.5 Å². The second kappa shape index (κ2) is 8.45. The maximum atomic E-state index is 11.8. The van der Waals surface area contributed by atoms with Crippen LogP contribution in [0.3, 0.4) is 0 Å². The monoisotopic (exact) mass is 409 g/mol. The summed E-state index contributed by atoms with van der Waals surface area (Å²) in [4.78, 5) is 2.63. The van der Waals surface area contributed by atoms with E-state index in [-0.39, 0.29) is 0 Å². The molecule has 29 heavy (non-hydrogen) atoms. The Morgan fingerprint density at radius 3 is 2.17 bits per heavy atom. The van der Waals surface area contributed by atoms with E-state index in [2.05, 4.69) is 54.8 Å². The summed E-state index contributed by atoms with van der Waals surface area (Å²) in [6.45, 7) is 8.13. The summed E-state index contributed by atoms with van der Waals surface area (Å²) in [7, 11) is 0. The average Bonchev–Trinajstić information content (AvgIpc) is 2.72. The van der Waals surface area contributed by atoms with Gasteiger partial charge in [-0.3, -0.25) is 0 Å². The van der Waals surface area contributed by atoms with E-state index in [9.17, 15) is 5.11 Å². The third-order valence-electron chi connectivity index (χ3n) is 6.96. The van der Waals surface area contributed by atoms with Crippen LogP contribution in [-0.2, 0) is 5.60 Å². The Kier molecular flexibility index (Phi) is 6.11. The van der Waals surface area contributed by atoms with Gasteiger partial charge in [0.25, 0.3) is 0 Å². The highest BCUT2D eigenvalue weighted by Gasteiger charge is 2.43. The fraction of sp³-hybridized carbons (Fsp3) is 0.538. The molecule has 2 aromatic carbocycles. The smallest absolute Gasteiger partial charge is 0.116 e. The number of piperidine rings is 1. The average molecular weight is 410 g/mol. The molecule has 156 valence electrons. The van der Waals surface area contributed by atoms with Gasteiger partial charge in [0.1, 0.15) is 5.60 Å². The molecule has 2 aromatic rings. The van der Waals surface area contributed by atoms with Gasteiger partial charge in [0, 0.05) is 17.8 Å². The van der Waals surface area contributed by atoms with Crippen LogP contribution in [0.4, 0.5) is 0 Å². The molecule has 2 heterocycles. The zero-order valence-electron chi connectivity index (χ0n) is 17.9. The van der Waals surface area contributed by atoms with Gasteiger partial charge in [-0.15, -0.1) is 0 Å². The van der Waals surface area contributed by atoms with Crippen LogP contribution in [0.15, 0.2) is 60.7 Å². The van der Waals surface area contributed by atoms with Gasteiger partial charge in [-0.05, 0) is 60.9 Å². The standard InChI is InChI=1S/C26H35NOS/c1-24(2)20-25(16-19-29-24)14-9-17-27(21-25)18-15-26(28,22-10-5-3-6-11-22)23-12-7-4-8-13-23/h3-8,10-13,28H,9,14-21H2,1-2H3. The van der Waals surface area contributed by atoms with Gasteiger partial charge >= 0.3 is 0 Å². The minimum absolute atomic E-state index is 0.399. The molecule has 1 atom stereocenters. The fourth-order valence-corrected chi connectivity index (χ4v) is 7.13. The molecular formula is C26H35NOS. The zero-order chi connectivity index (χ0) is 20.4. The van der Waals surface area contributed by atoms with Gasteiger partial charge in [-0.1, -0.05) is 74.5 Å². The first-order chi connectivity index (χ1) is 13.9. The predicted octanol–water partition coefficient (Wildman–Crippen LogP) is 5.70. The van der Waals surface area contributed by atoms with Crippen molar-refractivity contribution in [1.29, 1.82) is 0 Å². The van der Waals surface area contributed by atoms with Crippen molar-refractivity contribution in [2.24, 2.45) is 5.41 Å². The molecule has 0 amide bonds. The van der Waals surface area contributed by atoms with Crippen molar-refractivity contribution >= 4 is 11.8 Å². The molecule has 0 radical (unpaired) electrons. The summed E-state index contributed by atoms with van der Waals surface area (Å²) in [6, 6.07) is 20.4. The van der Waals surface area contributed by atoms with Crippen LogP contribution in [0.25, 0.3) is 0 Å². The summed E-state index contributed by atoms with van der Waals surface area (Å²) in [5, 5.41) is 11.8. The maximum Gasteiger partial charge on any atom is 0.116 e. The Morgan fingerprint density at radius 2 is 1.59 bits per heavy atom. The van der Waals surface area contributed by atoms with Crippen molar-refractivity contribution in [3.05, 3.63) is 71.8 Å². The fourth-order valence-electron chi connectivity index (χ4n) is 5.64. The van der Waals surface area contributed by atoms with Crippen LogP contribution in [0.2, 0.25) is 0 Å². The predicted molar refractivity (Wildman–Crippen MR) is 124 cm³/mol. The summed E-state index contributed by atoms with van der Waals surface area (Å²) < 4.78 is 0.399. The van der Waals surface area contributed by atoms with Gasteiger partial charge in [-0.2, -0.15) is 11.8 Å². The Balaban J connectivity index is 1.51.